The highest BCUT2D eigenvalue weighted by molar-refractivity contribution is 5.51. The molecule has 0 saturated carbocycles. The lowest BCUT2D eigenvalue weighted by Crippen LogP contribution is -2.21. The molecule has 3 nitrogen and oxygen atoms in total. The van der Waals surface area contributed by atoms with E-state index < -0.39 is 0 Å². The second-order valence-electron chi connectivity index (χ2n) is 4.69. The number of rotatable bonds is 4. The molecule has 0 radical (unpaired) electrons. The Kier molecular flexibility index (Phi) is 4.13. The molecule has 0 aromatic heterocycles. The van der Waals surface area contributed by atoms with Gasteiger partial charge in [-0.3, -0.25) is 0 Å². The summed E-state index contributed by atoms with van der Waals surface area (Å²) in [5.74, 6) is 0.493. The molecule has 0 bridgehead atoms. The van der Waals surface area contributed by atoms with Gasteiger partial charge in [-0.1, -0.05) is 6.07 Å². The minimum Gasteiger partial charge on any atom is -0.507 e. The van der Waals surface area contributed by atoms with Crippen molar-refractivity contribution in [2.75, 3.05) is 19.1 Å². The molecule has 0 spiro atoms. The van der Waals surface area contributed by atoms with Crippen LogP contribution in [0.1, 0.15) is 18.5 Å². The van der Waals surface area contributed by atoms with Crippen LogP contribution in [0.15, 0.2) is 42.5 Å². The molecule has 0 aliphatic carbocycles. The third-order valence-electron chi connectivity index (χ3n) is 3.48. The Balaban J connectivity index is 2.28. The van der Waals surface area contributed by atoms with Crippen molar-refractivity contribution in [3.63, 3.8) is 0 Å². The van der Waals surface area contributed by atoms with E-state index in [-0.39, 0.29) is 17.6 Å². The number of halogens is 1. The minimum atomic E-state index is -0.277. The zero-order chi connectivity index (χ0) is 14.7. The van der Waals surface area contributed by atoms with Crippen molar-refractivity contribution in [1.82, 2.24) is 0 Å². The van der Waals surface area contributed by atoms with E-state index in [1.54, 1.807) is 25.3 Å². The molecular formula is C16H18FNO2. The number of ether oxygens (including phenoxy) is 1. The minimum absolute atomic E-state index is 0.0947. The summed E-state index contributed by atoms with van der Waals surface area (Å²) >= 11 is 0. The topological polar surface area (TPSA) is 32.7 Å². The molecule has 2 aromatic rings. The molecule has 2 rings (SSSR count). The van der Waals surface area contributed by atoms with Crippen LogP contribution in [0.5, 0.6) is 11.5 Å². The predicted octanol–water partition coefficient (Wildman–Crippen LogP) is 3.74. The molecule has 1 atom stereocenters. The number of phenolic OH excluding ortho intramolecular Hbond substituents is 1. The molecular weight excluding hydrogens is 257 g/mol. The third-order valence-corrected chi connectivity index (χ3v) is 3.48. The number of aromatic hydroxyl groups is 1. The maximum absolute atomic E-state index is 13.3. The summed E-state index contributed by atoms with van der Waals surface area (Å²) in [6.07, 6.45) is 0. The van der Waals surface area contributed by atoms with Crippen molar-refractivity contribution in [2.45, 2.75) is 13.0 Å². The van der Waals surface area contributed by atoms with Crippen LogP contribution in [0.25, 0.3) is 0 Å². The number of phenols is 1. The van der Waals surface area contributed by atoms with Crippen molar-refractivity contribution in [3.8, 4) is 11.5 Å². The number of hydrogen-bond donors (Lipinski definition) is 1. The van der Waals surface area contributed by atoms with Crippen molar-refractivity contribution < 1.29 is 14.2 Å². The van der Waals surface area contributed by atoms with Crippen LogP contribution in [0.2, 0.25) is 0 Å². The van der Waals surface area contributed by atoms with Gasteiger partial charge in [-0.2, -0.15) is 0 Å². The van der Waals surface area contributed by atoms with Crippen molar-refractivity contribution in [2.24, 2.45) is 0 Å². The second kappa shape index (κ2) is 5.82. The van der Waals surface area contributed by atoms with E-state index >= 15 is 0 Å². The Hall–Kier alpha value is -2.23. The van der Waals surface area contributed by atoms with Gasteiger partial charge in [0.1, 0.15) is 17.3 Å². The molecule has 0 heterocycles. The summed E-state index contributed by atoms with van der Waals surface area (Å²) < 4.78 is 18.3. The van der Waals surface area contributed by atoms with Gasteiger partial charge < -0.3 is 14.7 Å². The van der Waals surface area contributed by atoms with E-state index in [9.17, 15) is 9.50 Å². The molecule has 1 unspecified atom stereocenters. The van der Waals surface area contributed by atoms with E-state index in [0.29, 0.717) is 5.75 Å². The van der Waals surface area contributed by atoms with Crippen LogP contribution in [0.3, 0.4) is 0 Å². The zero-order valence-corrected chi connectivity index (χ0v) is 11.8. The maximum Gasteiger partial charge on any atom is 0.125 e. The first-order chi connectivity index (χ1) is 9.52. The van der Waals surface area contributed by atoms with Crippen LogP contribution >= 0.6 is 0 Å². The van der Waals surface area contributed by atoms with Gasteiger partial charge in [0.05, 0.1) is 13.2 Å². The lowest BCUT2D eigenvalue weighted by molar-refractivity contribution is 0.405. The molecule has 1 N–H and O–H groups in total. The molecule has 0 fully saturated rings. The normalized spacial score (nSPS) is 12.0. The highest BCUT2D eigenvalue weighted by atomic mass is 19.1. The molecule has 0 aliphatic heterocycles. The van der Waals surface area contributed by atoms with Crippen molar-refractivity contribution in [3.05, 3.63) is 53.8 Å². The molecule has 0 amide bonds. The first-order valence-electron chi connectivity index (χ1n) is 6.38. The highest BCUT2D eigenvalue weighted by Crippen LogP contribution is 2.33. The first-order valence-corrected chi connectivity index (χ1v) is 6.38. The predicted molar refractivity (Wildman–Crippen MR) is 77.9 cm³/mol. The summed E-state index contributed by atoms with van der Waals surface area (Å²) in [7, 11) is 3.42. The molecule has 106 valence electrons. The fraction of sp³-hybridized carbons (Fsp3) is 0.250. The van der Waals surface area contributed by atoms with Gasteiger partial charge in [-0.25, -0.2) is 4.39 Å². The van der Waals surface area contributed by atoms with E-state index in [2.05, 4.69) is 0 Å². The van der Waals surface area contributed by atoms with Gasteiger partial charge in [0.25, 0.3) is 0 Å². The lowest BCUT2D eigenvalue weighted by Gasteiger charge is -2.28. The van der Waals surface area contributed by atoms with Crippen molar-refractivity contribution >= 4 is 5.69 Å². The van der Waals surface area contributed by atoms with E-state index in [4.69, 9.17) is 4.74 Å². The maximum atomic E-state index is 13.3. The molecule has 20 heavy (non-hydrogen) atoms. The Morgan fingerprint density at radius 2 is 1.95 bits per heavy atom. The van der Waals surface area contributed by atoms with Crippen LogP contribution in [-0.4, -0.2) is 19.3 Å². The van der Waals surface area contributed by atoms with Crippen LogP contribution in [-0.2, 0) is 0 Å². The number of nitrogens with zero attached hydrogens (tertiary/aromatic N) is 1. The third kappa shape index (κ3) is 2.85. The Morgan fingerprint density at radius 3 is 2.55 bits per heavy atom. The number of methoxy groups -OCH3 is 1. The van der Waals surface area contributed by atoms with E-state index in [1.165, 1.54) is 12.1 Å². The summed E-state index contributed by atoms with van der Waals surface area (Å²) in [5, 5.41) is 10.1. The zero-order valence-electron chi connectivity index (χ0n) is 11.8. The molecule has 2 aromatic carbocycles. The summed E-state index contributed by atoms with van der Waals surface area (Å²) in [6, 6.07) is 11.5. The van der Waals surface area contributed by atoms with E-state index in [1.807, 2.05) is 31.0 Å². The summed E-state index contributed by atoms with van der Waals surface area (Å²) in [6.45, 7) is 1.95. The first kappa shape index (κ1) is 14.2. The van der Waals surface area contributed by atoms with Crippen LogP contribution in [0.4, 0.5) is 10.1 Å². The molecule has 0 aliphatic rings. The number of anilines is 1. The average Bonchev–Trinajstić information content (AvgIpc) is 2.45. The Morgan fingerprint density at radius 1 is 1.20 bits per heavy atom. The number of benzene rings is 2. The van der Waals surface area contributed by atoms with E-state index in [0.717, 1.165) is 11.3 Å². The summed E-state index contributed by atoms with van der Waals surface area (Å²) in [4.78, 5) is 1.91. The SMILES string of the molecule is COc1ccc(C(C)N(C)c2cccc(F)c2)c(O)c1. The van der Waals surface area contributed by atoms with Crippen LogP contribution in [0, 0.1) is 5.82 Å². The smallest absolute Gasteiger partial charge is 0.125 e. The van der Waals surface area contributed by atoms with Gasteiger partial charge in [-0.15, -0.1) is 0 Å². The lowest BCUT2D eigenvalue weighted by atomic mass is 10.1. The monoisotopic (exact) mass is 275 g/mol. The van der Waals surface area contributed by atoms with Gasteiger partial charge in [0, 0.05) is 24.4 Å². The molecule has 0 saturated heterocycles. The number of hydrogen-bond acceptors (Lipinski definition) is 3. The molecule has 4 heteroatoms. The quantitative estimate of drug-likeness (QED) is 0.922. The fourth-order valence-corrected chi connectivity index (χ4v) is 2.13. The average molecular weight is 275 g/mol. The largest absolute Gasteiger partial charge is 0.507 e. The van der Waals surface area contributed by atoms with Gasteiger partial charge in [0.15, 0.2) is 0 Å². The summed E-state index contributed by atoms with van der Waals surface area (Å²) in [5.41, 5.74) is 1.52. The highest BCUT2D eigenvalue weighted by Gasteiger charge is 2.16. The van der Waals surface area contributed by atoms with Gasteiger partial charge in [0.2, 0.25) is 0 Å². The van der Waals surface area contributed by atoms with Gasteiger partial charge >= 0.3 is 0 Å². The second-order valence-corrected chi connectivity index (χ2v) is 4.69. The van der Waals surface area contributed by atoms with Crippen LogP contribution < -0.4 is 9.64 Å². The Labute approximate surface area is 118 Å². The van der Waals surface area contributed by atoms with Crippen molar-refractivity contribution in [1.29, 1.82) is 0 Å². The standard InChI is InChI=1S/C16H18FNO2/c1-11(15-8-7-14(20-3)10-16(15)19)18(2)13-6-4-5-12(17)9-13/h4-11,19H,1-3H3. The Bertz CT molecular complexity index is 601. The van der Waals surface area contributed by atoms with Gasteiger partial charge in [-0.05, 0) is 37.3 Å². The fourth-order valence-electron chi connectivity index (χ4n) is 2.13.